The molecule has 146 valence electrons. The van der Waals surface area contributed by atoms with Crippen LogP contribution in [0.4, 0.5) is 4.39 Å². The van der Waals surface area contributed by atoms with E-state index in [-0.39, 0.29) is 11.7 Å². The molecule has 1 atom stereocenters. The molecule has 0 radical (unpaired) electrons. The third kappa shape index (κ3) is 3.82. The molecule has 1 aliphatic heterocycles. The number of benzene rings is 2. The molecule has 1 aromatic heterocycles. The first-order valence-corrected chi connectivity index (χ1v) is 9.22. The Morgan fingerprint density at radius 1 is 1.03 bits per heavy atom. The Hall–Kier alpha value is -3.67. The normalized spacial score (nSPS) is 16.0. The lowest BCUT2D eigenvalue weighted by Gasteiger charge is -2.34. The van der Waals surface area contributed by atoms with Crippen molar-refractivity contribution in [2.45, 2.75) is 19.0 Å². The summed E-state index contributed by atoms with van der Waals surface area (Å²) in [6, 6.07) is 16.6. The van der Waals surface area contributed by atoms with Crippen molar-refractivity contribution in [3.05, 3.63) is 89.4 Å². The molecule has 2 N–H and O–H groups in total. The Balaban J connectivity index is 1.54. The molecule has 0 fully saturated rings. The number of hydrogen-bond donors (Lipinski definition) is 1. The minimum Gasteiger partial charge on any atom is -0.457 e. The summed E-state index contributed by atoms with van der Waals surface area (Å²) in [5.74, 6) is -0.486. The summed E-state index contributed by atoms with van der Waals surface area (Å²) in [5.41, 5.74) is 7.89. The fourth-order valence-corrected chi connectivity index (χ4v) is 3.51. The van der Waals surface area contributed by atoms with Crippen LogP contribution >= 0.6 is 0 Å². The van der Waals surface area contributed by atoms with E-state index >= 15 is 0 Å². The molecule has 2 heterocycles. The van der Waals surface area contributed by atoms with Gasteiger partial charge in [0.2, 0.25) is 11.8 Å². The minimum atomic E-state index is -0.701. The van der Waals surface area contributed by atoms with E-state index in [1.54, 1.807) is 30.3 Å². The van der Waals surface area contributed by atoms with Gasteiger partial charge in [-0.05, 0) is 41.5 Å². The Kier molecular flexibility index (Phi) is 4.99. The maximum atomic E-state index is 13.9. The molecular formula is C23H19FN2O3. The van der Waals surface area contributed by atoms with Gasteiger partial charge in [0.15, 0.2) is 0 Å². The molecule has 0 saturated carbocycles. The molecular weight excluding hydrogens is 371 g/mol. The van der Waals surface area contributed by atoms with Crippen molar-refractivity contribution < 1.29 is 18.4 Å². The Labute approximate surface area is 167 Å². The zero-order valence-electron chi connectivity index (χ0n) is 15.5. The van der Waals surface area contributed by atoms with Crippen LogP contribution in [0.25, 0.3) is 17.4 Å². The number of hydrogen-bond acceptors (Lipinski definition) is 3. The summed E-state index contributed by atoms with van der Waals surface area (Å²) < 4.78 is 19.5. The number of furan rings is 1. The second-order valence-electron chi connectivity index (χ2n) is 6.87. The second-order valence-corrected chi connectivity index (χ2v) is 6.87. The summed E-state index contributed by atoms with van der Waals surface area (Å²) >= 11 is 0. The lowest BCUT2D eigenvalue weighted by atomic mass is 9.93. The van der Waals surface area contributed by atoms with Crippen molar-refractivity contribution >= 4 is 17.9 Å². The molecule has 1 unspecified atom stereocenters. The number of rotatable bonds is 4. The quantitative estimate of drug-likeness (QED) is 0.693. The zero-order valence-corrected chi connectivity index (χ0v) is 15.5. The van der Waals surface area contributed by atoms with E-state index in [2.05, 4.69) is 0 Å². The molecule has 1 aliphatic rings. The topological polar surface area (TPSA) is 76.5 Å². The highest BCUT2D eigenvalue weighted by atomic mass is 19.1. The van der Waals surface area contributed by atoms with Crippen LogP contribution in [-0.2, 0) is 22.6 Å². The van der Waals surface area contributed by atoms with Crippen LogP contribution in [0.5, 0.6) is 0 Å². The van der Waals surface area contributed by atoms with Gasteiger partial charge in [0.25, 0.3) is 0 Å². The van der Waals surface area contributed by atoms with Crippen LogP contribution in [0.1, 0.15) is 16.9 Å². The standard InChI is InChI=1S/C23H19FN2O3/c24-19-8-4-3-7-18(19)21-11-9-17(29-21)10-12-22(27)26-14-16-6-2-1-5-15(16)13-20(26)23(25)28/h1-12,20H,13-14H2,(H2,25,28). The number of carbonyl (C=O) groups is 2. The number of primary amides is 1. The fraction of sp³-hybridized carbons (Fsp3) is 0.130. The third-order valence-corrected chi connectivity index (χ3v) is 5.02. The van der Waals surface area contributed by atoms with E-state index in [0.29, 0.717) is 30.0 Å². The lowest BCUT2D eigenvalue weighted by molar-refractivity contribution is -0.136. The molecule has 2 aromatic carbocycles. The molecule has 2 amide bonds. The maximum absolute atomic E-state index is 13.9. The summed E-state index contributed by atoms with van der Waals surface area (Å²) in [4.78, 5) is 26.1. The first kappa shape index (κ1) is 18.7. The van der Waals surface area contributed by atoms with Crippen molar-refractivity contribution in [3.8, 4) is 11.3 Å². The van der Waals surface area contributed by atoms with Crippen LogP contribution in [0, 0.1) is 5.82 Å². The molecule has 6 heteroatoms. The SMILES string of the molecule is NC(=O)C1Cc2ccccc2CN1C(=O)C=Cc1ccc(-c2ccccc2F)o1. The lowest BCUT2D eigenvalue weighted by Crippen LogP contribution is -2.50. The monoisotopic (exact) mass is 390 g/mol. The van der Waals surface area contributed by atoms with Crippen molar-refractivity contribution in [3.63, 3.8) is 0 Å². The van der Waals surface area contributed by atoms with Gasteiger partial charge in [-0.3, -0.25) is 9.59 Å². The van der Waals surface area contributed by atoms with Gasteiger partial charge in [0, 0.05) is 19.0 Å². The van der Waals surface area contributed by atoms with Crippen LogP contribution < -0.4 is 5.73 Å². The van der Waals surface area contributed by atoms with Gasteiger partial charge >= 0.3 is 0 Å². The van der Waals surface area contributed by atoms with E-state index in [1.807, 2.05) is 24.3 Å². The minimum absolute atomic E-state index is 0.311. The van der Waals surface area contributed by atoms with Gasteiger partial charge < -0.3 is 15.1 Å². The smallest absolute Gasteiger partial charge is 0.247 e. The average Bonchev–Trinajstić information content (AvgIpc) is 3.20. The number of nitrogens with zero attached hydrogens (tertiary/aromatic N) is 1. The molecule has 5 nitrogen and oxygen atoms in total. The van der Waals surface area contributed by atoms with Crippen LogP contribution in [0.2, 0.25) is 0 Å². The molecule has 29 heavy (non-hydrogen) atoms. The summed E-state index contributed by atoms with van der Waals surface area (Å²) in [6.07, 6.45) is 3.24. The van der Waals surface area contributed by atoms with Gasteiger partial charge in [-0.1, -0.05) is 36.4 Å². The summed E-state index contributed by atoms with van der Waals surface area (Å²) in [5, 5.41) is 0. The van der Waals surface area contributed by atoms with Crippen LogP contribution in [-0.4, -0.2) is 22.8 Å². The number of carbonyl (C=O) groups excluding carboxylic acids is 2. The van der Waals surface area contributed by atoms with Gasteiger partial charge in [-0.15, -0.1) is 0 Å². The Morgan fingerprint density at radius 3 is 2.52 bits per heavy atom. The molecule has 0 aliphatic carbocycles. The molecule has 3 aromatic rings. The highest BCUT2D eigenvalue weighted by Crippen LogP contribution is 2.26. The highest BCUT2D eigenvalue weighted by molar-refractivity contribution is 5.95. The predicted octanol–water partition coefficient (Wildman–Crippen LogP) is 3.54. The van der Waals surface area contributed by atoms with Crippen LogP contribution in [0.15, 0.2) is 71.2 Å². The zero-order chi connectivity index (χ0) is 20.4. The van der Waals surface area contributed by atoms with Crippen molar-refractivity contribution in [1.29, 1.82) is 0 Å². The number of halogens is 1. The van der Waals surface area contributed by atoms with Crippen molar-refractivity contribution in [2.24, 2.45) is 5.73 Å². The van der Waals surface area contributed by atoms with E-state index in [0.717, 1.165) is 11.1 Å². The number of amides is 2. The average molecular weight is 390 g/mol. The largest absolute Gasteiger partial charge is 0.457 e. The fourth-order valence-electron chi connectivity index (χ4n) is 3.51. The predicted molar refractivity (Wildman–Crippen MR) is 107 cm³/mol. The van der Waals surface area contributed by atoms with E-state index in [9.17, 15) is 14.0 Å². The highest BCUT2D eigenvalue weighted by Gasteiger charge is 2.32. The second kappa shape index (κ2) is 7.75. The summed E-state index contributed by atoms with van der Waals surface area (Å²) in [6.45, 7) is 0.311. The van der Waals surface area contributed by atoms with Gasteiger partial charge in [0.05, 0.1) is 5.56 Å². The van der Waals surface area contributed by atoms with Crippen molar-refractivity contribution in [1.82, 2.24) is 4.90 Å². The first-order chi connectivity index (χ1) is 14.0. The molecule has 0 spiro atoms. The van der Waals surface area contributed by atoms with E-state index in [4.69, 9.17) is 10.2 Å². The molecule has 0 saturated heterocycles. The first-order valence-electron chi connectivity index (χ1n) is 9.22. The Bertz CT molecular complexity index is 1100. The number of fused-ring (bicyclic) bond motifs is 1. The third-order valence-electron chi connectivity index (χ3n) is 5.02. The molecule has 0 bridgehead atoms. The molecule has 4 rings (SSSR count). The van der Waals surface area contributed by atoms with Gasteiger partial charge in [-0.25, -0.2) is 4.39 Å². The number of nitrogens with two attached hydrogens (primary N) is 1. The Morgan fingerprint density at radius 2 is 1.76 bits per heavy atom. The van der Waals surface area contributed by atoms with Crippen molar-refractivity contribution in [2.75, 3.05) is 0 Å². The summed E-state index contributed by atoms with van der Waals surface area (Å²) in [7, 11) is 0. The maximum Gasteiger partial charge on any atom is 0.247 e. The van der Waals surface area contributed by atoms with E-state index < -0.39 is 11.9 Å². The van der Waals surface area contributed by atoms with Gasteiger partial charge in [-0.2, -0.15) is 0 Å². The van der Waals surface area contributed by atoms with Crippen LogP contribution in [0.3, 0.4) is 0 Å². The van der Waals surface area contributed by atoms with E-state index in [1.165, 1.54) is 23.1 Å². The van der Waals surface area contributed by atoms with Gasteiger partial charge in [0.1, 0.15) is 23.4 Å².